The Morgan fingerprint density at radius 3 is 2.39 bits per heavy atom. The molecule has 18 heavy (non-hydrogen) atoms. The first-order valence-electron chi connectivity index (χ1n) is 6.11. The summed E-state index contributed by atoms with van der Waals surface area (Å²) in [6, 6.07) is 5.47. The summed E-state index contributed by atoms with van der Waals surface area (Å²) in [4.78, 5) is 15.2. The molecule has 0 atom stereocenters. The van der Waals surface area contributed by atoms with Crippen molar-refractivity contribution in [2.24, 2.45) is 0 Å². The van der Waals surface area contributed by atoms with E-state index in [1.165, 1.54) is 0 Å². The van der Waals surface area contributed by atoms with Gasteiger partial charge in [-0.25, -0.2) is 4.79 Å². The van der Waals surface area contributed by atoms with Gasteiger partial charge in [0, 0.05) is 19.3 Å². The maximum absolute atomic E-state index is 10.9. The molecule has 4 heteroatoms. The van der Waals surface area contributed by atoms with Gasteiger partial charge in [-0.1, -0.05) is 0 Å². The molecule has 0 amide bonds. The number of nitrogens with zero attached hydrogens (tertiary/aromatic N) is 2. The largest absolute Gasteiger partial charge is 0.478 e. The van der Waals surface area contributed by atoms with Crippen molar-refractivity contribution in [3.8, 4) is 0 Å². The zero-order valence-electron chi connectivity index (χ0n) is 11.6. The van der Waals surface area contributed by atoms with E-state index in [9.17, 15) is 4.79 Å². The van der Waals surface area contributed by atoms with Crippen LogP contribution in [0.4, 0.5) is 5.69 Å². The van der Waals surface area contributed by atoms with Gasteiger partial charge < -0.3 is 14.9 Å². The summed E-state index contributed by atoms with van der Waals surface area (Å²) in [5.74, 6) is -0.866. The van der Waals surface area contributed by atoms with E-state index in [0.717, 1.165) is 30.8 Å². The average molecular weight is 250 g/mol. The Morgan fingerprint density at radius 1 is 1.22 bits per heavy atom. The molecule has 1 rings (SSSR count). The second-order valence-electron chi connectivity index (χ2n) is 4.88. The topological polar surface area (TPSA) is 43.8 Å². The fourth-order valence-corrected chi connectivity index (χ4v) is 1.88. The van der Waals surface area contributed by atoms with Crippen LogP contribution in [0.1, 0.15) is 22.3 Å². The summed E-state index contributed by atoms with van der Waals surface area (Å²) < 4.78 is 0. The van der Waals surface area contributed by atoms with Crippen molar-refractivity contribution in [2.45, 2.75) is 13.3 Å². The number of rotatable bonds is 6. The monoisotopic (exact) mass is 250 g/mol. The second kappa shape index (κ2) is 6.40. The Bertz CT molecular complexity index is 416. The molecule has 0 heterocycles. The SMILES string of the molecule is Cc1cc(N(C)CCCN(C)C)ccc1C(=O)O. The normalized spacial score (nSPS) is 10.7. The van der Waals surface area contributed by atoms with Gasteiger partial charge in [-0.3, -0.25) is 0 Å². The lowest BCUT2D eigenvalue weighted by Crippen LogP contribution is -2.23. The number of benzene rings is 1. The quantitative estimate of drug-likeness (QED) is 0.839. The van der Waals surface area contributed by atoms with Crippen molar-refractivity contribution in [3.63, 3.8) is 0 Å². The molecule has 0 bridgehead atoms. The fourth-order valence-electron chi connectivity index (χ4n) is 1.88. The Balaban J connectivity index is 2.66. The minimum atomic E-state index is -0.866. The number of carbonyl (C=O) groups is 1. The van der Waals surface area contributed by atoms with Crippen LogP contribution in [0.2, 0.25) is 0 Å². The molecule has 0 unspecified atom stereocenters. The zero-order chi connectivity index (χ0) is 13.7. The van der Waals surface area contributed by atoms with Crippen molar-refractivity contribution in [2.75, 3.05) is 39.1 Å². The van der Waals surface area contributed by atoms with Crippen LogP contribution in [0.5, 0.6) is 0 Å². The number of aromatic carboxylic acids is 1. The third kappa shape index (κ3) is 4.04. The van der Waals surface area contributed by atoms with E-state index in [2.05, 4.69) is 23.9 Å². The fraction of sp³-hybridized carbons (Fsp3) is 0.500. The number of hydrogen-bond acceptors (Lipinski definition) is 3. The molecule has 0 saturated heterocycles. The van der Waals surface area contributed by atoms with E-state index >= 15 is 0 Å². The van der Waals surface area contributed by atoms with Crippen molar-refractivity contribution in [3.05, 3.63) is 29.3 Å². The van der Waals surface area contributed by atoms with Gasteiger partial charge in [0.15, 0.2) is 0 Å². The molecule has 0 aliphatic carbocycles. The Hall–Kier alpha value is -1.55. The molecule has 0 spiro atoms. The lowest BCUT2D eigenvalue weighted by Gasteiger charge is -2.21. The number of anilines is 1. The number of carboxylic acid groups (broad SMARTS) is 1. The summed E-state index contributed by atoms with van der Waals surface area (Å²) >= 11 is 0. The van der Waals surface area contributed by atoms with Crippen molar-refractivity contribution in [1.29, 1.82) is 0 Å². The standard InChI is InChI=1S/C14H22N2O2/c1-11-10-12(6-7-13(11)14(17)18)16(4)9-5-8-15(2)3/h6-7,10H,5,8-9H2,1-4H3,(H,17,18). The Morgan fingerprint density at radius 2 is 1.89 bits per heavy atom. The van der Waals surface area contributed by atoms with Gasteiger partial charge in [0.2, 0.25) is 0 Å². The van der Waals surface area contributed by atoms with Crippen LogP contribution in [0.15, 0.2) is 18.2 Å². The van der Waals surface area contributed by atoms with Gasteiger partial charge in [-0.05, 0) is 57.7 Å². The van der Waals surface area contributed by atoms with Gasteiger partial charge in [0.05, 0.1) is 5.56 Å². The van der Waals surface area contributed by atoms with Crippen LogP contribution in [-0.4, -0.2) is 50.2 Å². The number of hydrogen-bond donors (Lipinski definition) is 1. The molecule has 1 N–H and O–H groups in total. The van der Waals surface area contributed by atoms with E-state index < -0.39 is 5.97 Å². The molecule has 4 nitrogen and oxygen atoms in total. The molecular weight excluding hydrogens is 228 g/mol. The van der Waals surface area contributed by atoms with E-state index in [4.69, 9.17) is 5.11 Å². The van der Waals surface area contributed by atoms with Crippen molar-refractivity contribution >= 4 is 11.7 Å². The van der Waals surface area contributed by atoms with Crippen molar-refractivity contribution < 1.29 is 9.90 Å². The Kier molecular flexibility index (Phi) is 5.16. The zero-order valence-corrected chi connectivity index (χ0v) is 11.6. The second-order valence-corrected chi connectivity index (χ2v) is 4.88. The smallest absolute Gasteiger partial charge is 0.335 e. The summed E-state index contributed by atoms with van der Waals surface area (Å²) in [6.45, 7) is 3.85. The molecular formula is C14H22N2O2. The van der Waals surface area contributed by atoms with E-state index in [-0.39, 0.29) is 0 Å². The minimum Gasteiger partial charge on any atom is -0.478 e. The number of aryl methyl sites for hydroxylation is 1. The average Bonchev–Trinajstić information content (AvgIpc) is 2.27. The van der Waals surface area contributed by atoms with Gasteiger partial charge in [-0.2, -0.15) is 0 Å². The van der Waals surface area contributed by atoms with Gasteiger partial charge in [0.1, 0.15) is 0 Å². The van der Waals surface area contributed by atoms with E-state index in [0.29, 0.717) is 5.56 Å². The van der Waals surface area contributed by atoms with E-state index in [1.807, 2.05) is 26.1 Å². The molecule has 0 aliphatic rings. The van der Waals surface area contributed by atoms with E-state index in [1.54, 1.807) is 6.07 Å². The summed E-state index contributed by atoms with van der Waals surface area (Å²) in [5, 5.41) is 8.98. The van der Waals surface area contributed by atoms with Crippen LogP contribution in [0.25, 0.3) is 0 Å². The third-order valence-electron chi connectivity index (χ3n) is 2.98. The molecule has 100 valence electrons. The van der Waals surface area contributed by atoms with Crippen molar-refractivity contribution in [1.82, 2.24) is 4.90 Å². The molecule has 0 saturated carbocycles. The highest BCUT2D eigenvalue weighted by atomic mass is 16.4. The summed E-state index contributed by atoms with van der Waals surface area (Å²) in [7, 11) is 6.16. The molecule has 0 fully saturated rings. The lowest BCUT2D eigenvalue weighted by molar-refractivity contribution is 0.0696. The van der Waals surface area contributed by atoms with Gasteiger partial charge >= 0.3 is 5.97 Å². The minimum absolute atomic E-state index is 0.375. The highest BCUT2D eigenvalue weighted by molar-refractivity contribution is 5.89. The molecule has 1 aromatic carbocycles. The maximum atomic E-state index is 10.9. The van der Waals surface area contributed by atoms with Crippen LogP contribution in [0, 0.1) is 6.92 Å². The third-order valence-corrected chi connectivity index (χ3v) is 2.98. The summed E-state index contributed by atoms with van der Waals surface area (Å²) in [5.41, 5.74) is 2.25. The lowest BCUT2D eigenvalue weighted by atomic mass is 10.1. The molecule has 1 aromatic rings. The van der Waals surface area contributed by atoms with Crippen LogP contribution in [-0.2, 0) is 0 Å². The Labute approximate surface area is 109 Å². The molecule has 0 radical (unpaired) electrons. The van der Waals surface area contributed by atoms with Crippen LogP contribution >= 0.6 is 0 Å². The molecule has 0 aliphatic heterocycles. The highest BCUT2D eigenvalue weighted by Crippen LogP contribution is 2.18. The van der Waals surface area contributed by atoms with Crippen LogP contribution in [0.3, 0.4) is 0 Å². The maximum Gasteiger partial charge on any atom is 0.335 e. The number of carboxylic acids is 1. The first-order chi connectivity index (χ1) is 8.41. The van der Waals surface area contributed by atoms with Crippen LogP contribution < -0.4 is 4.90 Å². The summed E-state index contributed by atoms with van der Waals surface area (Å²) in [6.07, 6.45) is 1.09. The van der Waals surface area contributed by atoms with Gasteiger partial charge in [0.25, 0.3) is 0 Å². The molecule has 0 aromatic heterocycles. The first kappa shape index (κ1) is 14.5. The predicted molar refractivity (Wildman–Crippen MR) is 74.6 cm³/mol. The predicted octanol–water partition coefficient (Wildman–Crippen LogP) is 2.08. The van der Waals surface area contributed by atoms with Gasteiger partial charge in [-0.15, -0.1) is 0 Å². The highest BCUT2D eigenvalue weighted by Gasteiger charge is 2.09. The first-order valence-corrected chi connectivity index (χ1v) is 6.11.